The van der Waals surface area contributed by atoms with Gasteiger partial charge in [-0.1, -0.05) is 6.92 Å². The second-order valence-corrected chi connectivity index (χ2v) is 7.07. The van der Waals surface area contributed by atoms with Gasteiger partial charge >= 0.3 is 5.97 Å². The average molecular weight is 282 g/mol. The Bertz CT molecular complexity index is 508. The summed E-state index contributed by atoms with van der Waals surface area (Å²) in [5.74, 6) is -2.69. The maximum atomic E-state index is 11.7. The predicted molar refractivity (Wildman–Crippen MR) is 70.4 cm³/mol. The zero-order valence-electron chi connectivity index (χ0n) is 12.1. The molecule has 2 saturated carbocycles. The second-order valence-electron chi connectivity index (χ2n) is 7.07. The SMILES string of the molecule is CC1=C2C[C@@H]3[C@](C)(CCC[C@@]3(C)O)[C@H](O)[C@]2(O)OC1=O. The normalized spacial score (nSPS) is 51.6. The molecule has 0 spiro atoms. The molecule has 112 valence electrons. The van der Waals surface area contributed by atoms with Crippen LogP contribution in [-0.4, -0.2) is 38.8 Å². The summed E-state index contributed by atoms with van der Waals surface area (Å²) in [6.07, 6.45) is 1.31. The van der Waals surface area contributed by atoms with Crippen LogP contribution in [0.4, 0.5) is 0 Å². The summed E-state index contributed by atoms with van der Waals surface area (Å²) >= 11 is 0. The molecule has 0 saturated heterocycles. The number of aliphatic hydroxyl groups is 3. The summed E-state index contributed by atoms with van der Waals surface area (Å²) in [5, 5.41) is 32.0. The van der Waals surface area contributed by atoms with Gasteiger partial charge in [-0.2, -0.15) is 0 Å². The highest BCUT2D eigenvalue weighted by molar-refractivity contribution is 5.92. The van der Waals surface area contributed by atoms with Gasteiger partial charge in [0.15, 0.2) is 0 Å². The lowest BCUT2D eigenvalue weighted by Gasteiger charge is -2.57. The lowest BCUT2D eigenvalue weighted by atomic mass is 9.52. The van der Waals surface area contributed by atoms with Crippen molar-refractivity contribution in [2.75, 3.05) is 0 Å². The van der Waals surface area contributed by atoms with Crippen molar-refractivity contribution < 1.29 is 24.9 Å². The molecule has 1 aliphatic heterocycles. The van der Waals surface area contributed by atoms with Crippen molar-refractivity contribution in [3.8, 4) is 0 Å². The molecule has 0 bridgehead atoms. The number of rotatable bonds is 0. The number of hydrogen-bond donors (Lipinski definition) is 3. The van der Waals surface area contributed by atoms with Crippen LogP contribution >= 0.6 is 0 Å². The van der Waals surface area contributed by atoms with Crippen LogP contribution in [0.2, 0.25) is 0 Å². The smallest absolute Gasteiger partial charge is 0.336 e. The van der Waals surface area contributed by atoms with Gasteiger partial charge in [0.2, 0.25) is 0 Å². The van der Waals surface area contributed by atoms with Crippen molar-refractivity contribution in [3.05, 3.63) is 11.1 Å². The first-order chi connectivity index (χ1) is 9.13. The standard InChI is InChI=1S/C15H22O5/c1-8-9-7-10-13(2,5-4-6-14(10,3)18)12(17)15(9,19)20-11(8)16/h10,12,17-19H,4-7H2,1-3H3/t10-,12+,13+,14-,15-/m1/s1. The third-order valence-corrected chi connectivity index (χ3v) is 5.79. The average Bonchev–Trinajstić information content (AvgIpc) is 2.55. The molecule has 5 heteroatoms. The molecule has 5 atom stereocenters. The Morgan fingerprint density at radius 3 is 2.55 bits per heavy atom. The maximum Gasteiger partial charge on any atom is 0.336 e. The van der Waals surface area contributed by atoms with Crippen molar-refractivity contribution in [1.82, 2.24) is 0 Å². The van der Waals surface area contributed by atoms with Crippen LogP contribution in [0, 0.1) is 11.3 Å². The van der Waals surface area contributed by atoms with Gasteiger partial charge < -0.3 is 20.1 Å². The van der Waals surface area contributed by atoms with Crippen molar-refractivity contribution in [2.45, 2.75) is 63.9 Å². The van der Waals surface area contributed by atoms with Crippen molar-refractivity contribution in [3.63, 3.8) is 0 Å². The van der Waals surface area contributed by atoms with Crippen LogP contribution in [0.25, 0.3) is 0 Å². The van der Waals surface area contributed by atoms with Crippen LogP contribution in [0.5, 0.6) is 0 Å². The van der Waals surface area contributed by atoms with E-state index in [1.807, 2.05) is 6.92 Å². The molecule has 3 rings (SSSR count). The first-order valence-electron chi connectivity index (χ1n) is 7.19. The van der Waals surface area contributed by atoms with Crippen LogP contribution in [0.3, 0.4) is 0 Å². The number of aliphatic hydroxyl groups excluding tert-OH is 1. The van der Waals surface area contributed by atoms with Gasteiger partial charge in [0, 0.05) is 16.6 Å². The lowest BCUT2D eigenvalue weighted by Crippen LogP contribution is -2.64. The Morgan fingerprint density at radius 1 is 1.25 bits per heavy atom. The van der Waals surface area contributed by atoms with E-state index in [0.717, 1.165) is 6.42 Å². The maximum absolute atomic E-state index is 11.7. The van der Waals surface area contributed by atoms with Gasteiger partial charge in [0.1, 0.15) is 6.10 Å². The number of esters is 1. The van der Waals surface area contributed by atoms with Crippen LogP contribution in [-0.2, 0) is 9.53 Å². The molecule has 3 aliphatic rings. The number of ether oxygens (including phenoxy) is 1. The van der Waals surface area contributed by atoms with E-state index < -0.39 is 28.9 Å². The molecule has 0 unspecified atom stereocenters. The summed E-state index contributed by atoms with van der Waals surface area (Å²) < 4.78 is 5.07. The topological polar surface area (TPSA) is 87.0 Å². The molecule has 0 radical (unpaired) electrons. The Labute approximate surface area is 118 Å². The molecule has 1 heterocycles. The molecule has 20 heavy (non-hydrogen) atoms. The molecule has 0 aromatic heterocycles. The monoisotopic (exact) mass is 282 g/mol. The highest BCUT2D eigenvalue weighted by Crippen LogP contribution is 2.59. The van der Waals surface area contributed by atoms with Gasteiger partial charge in [0.05, 0.1) is 5.60 Å². The fourth-order valence-corrected chi connectivity index (χ4v) is 4.51. The summed E-state index contributed by atoms with van der Waals surface area (Å²) in [6.45, 7) is 5.24. The first kappa shape index (κ1) is 14.0. The number of hydrogen-bond acceptors (Lipinski definition) is 5. The molecule has 2 aliphatic carbocycles. The third kappa shape index (κ3) is 1.51. The highest BCUT2D eigenvalue weighted by atomic mass is 16.7. The Kier molecular flexibility index (Phi) is 2.70. The molecule has 0 aromatic rings. The van der Waals surface area contributed by atoms with Crippen molar-refractivity contribution in [2.24, 2.45) is 11.3 Å². The van der Waals surface area contributed by atoms with Crippen molar-refractivity contribution >= 4 is 5.97 Å². The van der Waals surface area contributed by atoms with Gasteiger partial charge in [-0.05, 0) is 45.4 Å². The van der Waals surface area contributed by atoms with E-state index in [0.29, 0.717) is 30.4 Å². The van der Waals surface area contributed by atoms with E-state index in [9.17, 15) is 20.1 Å². The van der Waals surface area contributed by atoms with E-state index in [1.165, 1.54) is 0 Å². The second kappa shape index (κ2) is 3.84. The molecule has 3 N–H and O–H groups in total. The van der Waals surface area contributed by atoms with E-state index in [1.54, 1.807) is 13.8 Å². The minimum absolute atomic E-state index is 0.196. The third-order valence-electron chi connectivity index (χ3n) is 5.79. The van der Waals surface area contributed by atoms with Gasteiger partial charge in [-0.15, -0.1) is 0 Å². The zero-order chi connectivity index (χ0) is 14.9. The summed E-state index contributed by atoms with van der Waals surface area (Å²) in [6, 6.07) is 0. The van der Waals surface area contributed by atoms with E-state index in [2.05, 4.69) is 0 Å². The van der Waals surface area contributed by atoms with Crippen LogP contribution in [0.15, 0.2) is 11.1 Å². The van der Waals surface area contributed by atoms with Crippen LogP contribution < -0.4 is 0 Å². The minimum atomic E-state index is -1.92. The van der Waals surface area contributed by atoms with Gasteiger partial charge in [0.25, 0.3) is 5.79 Å². The highest BCUT2D eigenvalue weighted by Gasteiger charge is 2.66. The molecule has 0 amide bonds. The number of fused-ring (bicyclic) bond motifs is 2. The lowest BCUT2D eigenvalue weighted by molar-refractivity contribution is -0.277. The molecule has 0 aromatic carbocycles. The Hall–Kier alpha value is -0.910. The molecular weight excluding hydrogens is 260 g/mol. The quantitative estimate of drug-likeness (QED) is 0.574. The summed E-state index contributed by atoms with van der Waals surface area (Å²) in [7, 11) is 0. The fourth-order valence-electron chi connectivity index (χ4n) is 4.51. The zero-order valence-corrected chi connectivity index (χ0v) is 12.1. The summed E-state index contributed by atoms with van der Waals surface area (Å²) in [5.41, 5.74) is -0.784. The molecule has 5 nitrogen and oxygen atoms in total. The van der Waals surface area contributed by atoms with E-state index in [-0.39, 0.29) is 5.92 Å². The minimum Gasteiger partial charge on any atom is -0.423 e. The fraction of sp³-hybridized carbons (Fsp3) is 0.800. The Balaban J connectivity index is 2.12. The first-order valence-corrected chi connectivity index (χ1v) is 7.19. The van der Waals surface area contributed by atoms with E-state index in [4.69, 9.17) is 4.74 Å². The number of carbonyl (C=O) groups is 1. The summed E-state index contributed by atoms with van der Waals surface area (Å²) in [4.78, 5) is 11.7. The Morgan fingerprint density at radius 2 is 1.90 bits per heavy atom. The molecular formula is C15H22O5. The van der Waals surface area contributed by atoms with Gasteiger partial charge in [-0.3, -0.25) is 0 Å². The van der Waals surface area contributed by atoms with E-state index >= 15 is 0 Å². The van der Waals surface area contributed by atoms with Gasteiger partial charge in [-0.25, -0.2) is 4.79 Å². The van der Waals surface area contributed by atoms with Crippen molar-refractivity contribution in [1.29, 1.82) is 0 Å². The molecule has 2 fully saturated rings. The van der Waals surface area contributed by atoms with Crippen LogP contribution in [0.1, 0.15) is 46.5 Å². The number of carbonyl (C=O) groups excluding carboxylic acids is 1. The predicted octanol–water partition coefficient (Wildman–Crippen LogP) is 0.870. The largest absolute Gasteiger partial charge is 0.423 e.